The van der Waals surface area contributed by atoms with Gasteiger partial charge in [0.25, 0.3) is 11.8 Å². The maximum atomic E-state index is 11.9. The standard InChI is InChI=1S/C16H14Br2N2O2/c17-13-5-1-3-11(9-13)15(21)19-7-8-20-16(22)12-4-2-6-14(18)10-12/h1-6,9-10H,7-8H2,(H,19,21)(H,20,22). The summed E-state index contributed by atoms with van der Waals surface area (Å²) in [4.78, 5) is 23.8. The van der Waals surface area contributed by atoms with Gasteiger partial charge in [-0.15, -0.1) is 0 Å². The first kappa shape index (κ1) is 16.7. The van der Waals surface area contributed by atoms with Crippen LogP contribution in [-0.4, -0.2) is 24.9 Å². The van der Waals surface area contributed by atoms with Crippen molar-refractivity contribution in [2.45, 2.75) is 0 Å². The Morgan fingerprint density at radius 2 is 1.18 bits per heavy atom. The summed E-state index contributed by atoms with van der Waals surface area (Å²) in [6.45, 7) is 0.732. The molecular weight excluding hydrogens is 412 g/mol. The third-order valence-electron chi connectivity index (χ3n) is 2.87. The van der Waals surface area contributed by atoms with Crippen molar-refractivity contribution in [2.24, 2.45) is 0 Å². The van der Waals surface area contributed by atoms with Gasteiger partial charge in [-0.05, 0) is 36.4 Å². The molecular formula is C16H14Br2N2O2. The Morgan fingerprint density at radius 1 is 0.773 bits per heavy atom. The molecule has 0 atom stereocenters. The van der Waals surface area contributed by atoms with Crippen LogP contribution in [0.2, 0.25) is 0 Å². The number of carbonyl (C=O) groups excluding carboxylic acids is 2. The van der Waals surface area contributed by atoms with E-state index in [0.29, 0.717) is 24.2 Å². The minimum Gasteiger partial charge on any atom is -0.350 e. The lowest BCUT2D eigenvalue weighted by Gasteiger charge is -2.08. The molecule has 114 valence electrons. The largest absolute Gasteiger partial charge is 0.350 e. The fourth-order valence-corrected chi connectivity index (χ4v) is 2.61. The Balaban J connectivity index is 1.77. The second-order valence-electron chi connectivity index (χ2n) is 4.53. The smallest absolute Gasteiger partial charge is 0.251 e. The second kappa shape index (κ2) is 8.10. The van der Waals surface area contributed by atoms with Crippen molar-refractivity contribution >= 4 is 43.7 Å². The molecule has 0 saturated carbocycles. The van der Waals surface area contributed by atoms with Gasteiger partial charge in [-0.1, -0.05) is 44.0 Å². The van der Waals surface area contributed by atoms with E-state index in [9.17, 15) is 9.59 Å². The van der Waals surface area contributed by atoms with Crippen molar-refractivity contribution in [2.75, 3.05) is 13.1 Å². The van der Waals surface area contributed by atoms with Crippen molar-refractivity contribution in [1.82, 2.24) is 10.6 Å². The van der Waals surface area contributed by atoms with E-state index in [1.54, 1.807) is 36.4 Å². The highest BCUT2D eigenvalue weighted by Crippen LogP contribution is 2.12. The highest BCUT2D eigenvalue weighted by atomic mass is 79.9. The lowest BCUT2D eigenvalue weighted by atomic mass is 10.2. The highest BCUT2D eigenvalue weighted by Gasteiger charge is 2.07. The summed E-state index contributed by atoms with van der Waals surface area (Å²) in [5, 5.41) is 5.52. The Kier molecular flexibility index (Phi) is 6.15. The highest BCUT2D eigenvalue weighted by molar-refractivity contribution is 9.10. The molecule has 2 aromatic carbocycles. The molecule has 0 bridgehead atoms. The molecule has 0 spiro atoms. The number of carbonyl (C=O) groups is 2. The van der Waals surface area contributed by atoms with Crippen molar-refractivity contribution in [3.05, 3.63) is 68.6 Å². The molecule has 0 aliphatic rings. The van der Waals surface area contributed by atoms with Crippen molar-refractivity contribution in [1.29, 1.82) is 0 Å². The van der Waals surface area contributed by atoms with E-state index in [2.05, 4.69) is 42.5 Å². The van der Waals surface area contributed by atoms with Gasteiger partial charge in [0.1, 0.15) is 0 Å². The maximum absolute atomic E-state index is 11.9. The van der Waals surface area contributed by atoms with E-state index in [1.807, 2.05) is 12.1 Å². The molecule has 0 aliphatic carbocycles. The molecule has 0 fully saturated rings. The van der Waals surface area contributed by atoms with Gasteiger partial charge in [0.05, 0.1) is 0 Å². The zero-order valence-electron chi connectivity index (χ0n) is 11.6. The summed E-state index contributed by atoms with van der Waals surface area (Å²) in [7, 11) is 0. The molecule has 4 nitrogen and oxygen atoms in total. The summed E-state index contributed by atoms with van der Waals surface area (Å²) in [6.07, 6.45) is 0. The van der Waals surface area contributed by atoms with Crippen LogP contribution in [0.4, 0.5) is 0 Å². The maximum Gasteiger partial charge on any atom is 0.251 e. The van der Waals surface area contributed by atoms with Crippen molar-refractivity contribution < 1.29 is 9.59 Å². The number of amides is 2. The summed E-state index contributed by atoms with van der Waals surface area (Å²) in [6, 6.07) is 14.3. The predicted octanol–water partition coefficient (Wildman–Crippen LogP) is 3.37. The van der Waals surface area contributed by atoms with Gasteiger partial charge in [0.2, 0.25) is 0 Å². The van der Waals surface area contributed by atoms with E-state index in [4.69, 9.17) is 0 Å². The summed E-state index contributed by atoms with van der Waals surface area (Å²) >= 11 is 6.64. The van der Waals surface area contributed by atoms with Crippen molar-refractivity contribution in [3.8, 4) is 0 Å². The Bertz CT molecular complexity index is 630. The molecule has 0 radical (unpaired) electrons. The Morgan fingerprint density at radius 3 is 1.55 bits per heavy atom. The van der Waals surface area contributed by atoms with E-state index in [-0.39, 0.29) is 11.8 Å². The summed E-state index contributed by atoms with van der Waals surface area (Å²) in [5.74, 6) is -0.337. The number of benzene rings is 2. The third-order valence-corrected chi connectivity index (χ3v) is 3.86. The summed E-state index contributed by atoms with van der Waals surface area (Å²) in [5.41, 5.74) is 1.15. The quantitative estimate of drug-likeness (QED) is 0.721. The first-order valence-corrected chi connectivity index (χ1v) is 8.22. The number of hydrogen-bond donors (Lipinski definition) is 2. The molecule has 6 heteroatoms. The van der Waals surface area contributed by atoms with Gasteiger partial charge >= 0.3 is 0 Å². The van der Waals surface area contributed by atoms with Crippen LogP contribution < -0.4 is 10.6 Å². The lowest BCUT2D eigenvalue weighted by molar-refractivity contribution is 0.0927. The third kappa shape index (κ3) is 4.96. The molecule has 0 saturated heterocycles. The van der Waals surface area contributed by atoms with Gasteiger partial charge in [0, 0.05) is 33.2 Å². The van der Waals surface area contributed by atoms with Crippen LogP contribution in [0.3, 0.4) is 0 Å². The number of nitrogens with one attached hydrogen (secondary N) is 2. The molecule has 0 aromatic heterocycles. The fourth-order valence-electron chi connectivity index (χ4n) is 1.82. The molecule has 0 aliphatic heterocycles. The summed E-state index contributed by atoms with van der Waals surface area (Å²) < 4.78 is 1.70. The van der Waals surface area contributed by atoms with E-state index in [0.717, 1.165) is 8.95 Å². The van der Waals surface area contributed by atoms with Gasteiger partial charge < -0.3 is 10.6 Å². The predicted molar refractivity (Wildman–Crippen MR) is 93.0 cm³/mol. The Hall–Kier alpha value is -1.66. The van der Waals surface area contributed by atoms with E-state index >= 15 is 0 Å². The minimum absolute atomic E-state index is 0.169. The van der Waals surface area contributed by atoms with Crippen LogP contribution in [0.25, 0.3) is 0 Å². The van der Waals surface area contributed by atoms with Crippen molar-refractivity contribution in [3.63, 3.8) is 0 Å². The van der Waals surface area contributed by atoms with E-state index < -0.39 is 0 Å². The van der Waals surface area contributed by atoms with Crippen LogP contribution in [0, 0.1) is 0 Å². The van der Waals surface area contributed by atoms with Crippen LogP contribution in [0.15, 0.2) is 57.5 Å². The normalized spacial score (nSPS) is 10.1. The number of hydrogen-bond acceptors (Lipinski definition) is 2. The molecule has 2 N–H and O–H groups in total. The van der Waals surface area contributed by atoms with Crippen LogP contribution >= 0.6 is 31.9 Å². The average Bonchev–Trinajstić information content (AvgIpc) is 2.51. The topological polar surface area (TPSA) is 58.2 Å². The van der Waals surface area contributed by atoms with Gasteiger partial charge in [-0.3, -0.25) is 9.59 Å². The fraction of sp³-hybridized carbons (Fsp3) is 0.125. The molecule has 0 unspecified atom stereocenters. The minimum atomic E-state index is -0.169. The first-order chi connectivity index (χ1) is 10.6. The zero-order chi connectivity index (χ0) is 15.9. The van der Waals surface area contributed by atoms with Gasteiger partial charge in [-0.2, -0.15) is 0 Å². The number of halogens is 2. The molecule has 2 amide bonds. The van der Waals surface area contributed by atoms with Crippen LogP contribution in [0.1, 0.15) is 20.7 Å². The van der Waals surface area contributed by atoms with Gasteiger partial charge in [0.15, 0.2) is 0 Å². The zero-order valence-corrected chi connectivity index (χ0v) is 14.8. The average molecular weight is 426 g/mol. The SMILES string of the molecule is O=C(NCCNC(=O)c1cccc(Br)c1)c1cccc(Br)c1. The number of rotatable bonds is 5. The van der Waals surface area contributed by atoms with Crippen LogP contribution in [0.5, 0.6) is 0 Å². The molecule has 22 heavy (non-hydrogen) atoms. The molecule has 2 rings (SSSR count). The Labute approximate surface area is 145 Å². The lowest BCUT2D eigenvalue weighted by Crippen LogP contribution is -2.34. The first-order valence-electron chi connectivity index (χ1n) is 6.64. The second-order valence-corrected chi connectivity index (χ2v) is 6.36. The van der Waals surface area contributed by atoms with Crippen LogP contribution in [-0.2, 0) is 0 Å². The van der Waals surface area contributed by atoms with Gasteiger partial charge in [-0.25, -0.2) is 0 Å². The van der Waals surface area contributed by atoms with E-state index in [1.165, 1.54) is 0 Å². The monoisotopic (exact) mass is 424 g/mol. The molecule has 2 aromatic rings. The molecule has 0 heterocycles.